The molecule has 0 saturated heterocycles. The second-order valence-electron chi connectivity index (χ2n) is 7.80. The number of rotatable bonds is 9. The molecule has 32 heavy (non-hydrogen) atoms. The van der Waals surface area contributed by atoms with E-state index in [1.54, 1.807) is 4.90 Å². The third-order valence-electron chi connectivity index (χ3n) is 5.44. The SMILES string of the molecule is NCCCc1ccc(OCCC2Oc3ccccc3N(Cc3cccc(Cl)c3)C2=O)cc1. The van der Waals surface area contributed by atoms with Crippen LogP contribution >= 0.6 is 11.6 Å². The second kappa shape index (κ2) is 10.5. The molecule has 1 unspecified atom stereocenters. The minimum atomic E-state index is -0.604. The van der Waals surface area contributed by atoms with E-state index in [2.05, 4.69) is 12.1 Å². The fraction of sp³-hybridized carbons (Fsp3) is 0.269. The minimum absolute atomic E-state index is 0.0793. The van der Waals surface area contributed by atoms with Gasteiger partial charge in [0.1, 0.15) is 11.5 Å². The molecule has 0 saturated carbocycles. The summed E-state index contributed by atoms with van der Waals surface area (Å²) in [5.74, 6) is 1.40. The zero-order valence-electron chi connectivity index (χ0n) is 17.9. The Kier molecular flexibility index (Phi) is 7.30. The number of amides is 1. The van der Waals surface area contributed by atoms with E-state index in [0.717, 1.165) is 29.8 Å². The highest BCUT2D eigenvalue weighted by Gasteiger charge is 2.34. The van der Waals surface area contributed by atoms with Gasteiger partial charge in [0, 0.05) is 11.4 Å². The Hall–Kier alpha value is -3.02. The summed E-state index contributed by atoms with van der Waals surface area (Å²) in [5.41, 5.74) is 8.54. The van der Waals surface area contributed by atoms with Crippen LogP contribution < -0.4 is 20.1 Å². The van der Waals surface area contributed by atoms with Gasteiger partial charge in [0.15, 0.2) is 6.10 Å². The van der Waals surface area contributed by atoms with Gasteiger partial charge in [-0.3, -0.25) is 4.79 Å². The lowest BCUT2D eigenvalue weighted by Crippen LogP contribution is -2.46. The lowest BCUT2D eigenvalue weighted by atomic mass is 10.1. The van der Waals surface area contributed by atoms with Crippen molar-refractivity contribution in [2.24, 2.45) is 5.73 Å². The van der Waals surface area contributed by atoms with E-state index in [1.165, 1.54) is 5.56 Å². The minimum Gasteiger partial charge on any atom is -0.493 e. The fourth-order valence-corrected chi connectivity index (χ4v) is 3.99. The monoisotopic (exact) mass is 450 g/mol. The van der Waals surface area contributed by atoms with Gasteiger partial charge >= 0.3 is 0 Å². The Bertz CT molecular complexity index is 1050. The molecule has 1 aliphatic heterocycles. The van der Waals surface area contributed by atoms with Crippen LogP contribution in [0.3, 0.4) is 0 Å². The van der Waals surface area contributed by atoms with Crippen molar-refractivity contribution in [1.29, 1.82) is 0 Å². The molecule has 0 fully saturated rings. The van der Waals surface area contributed by atoms with E-state index < -0.39 is 6.10 Å². The first-order chi connectivity index (χ1) is 15.6. The summed E-state index contributed by atoms with van der Waals surface area (Å²) in [6, 6.07) is 23.2. The Balaban J connectivity index is 1.41. The molecule has 3 aromatic carbocycles. The smallest absolute Gasteiger partial charge is 0.268 e. The molecule has 166 valence electrons. The molecule has 2 N–H and O–H groups in total. The van der Waals surface area contributed by atoms with Crippen LogP contribution in [0.1, 0.15) is 24.0 Å². The van der Waals surface area contributed by atoms with Crippen molar-refractivity contribution in [2.75, 3.05) is 18.1 Å². The van der Waals surface area contributed by atoms with E-state index in [4.69, 9.17) is 26.8 Å². The fourth-order valence-electron chi connectivity index (χ4n) is 3.78. The van der Waals surface area contributed by atoms with Crippen molar-refractivity contribution in [1.82, 2.24) is 0 Å². The normalized spacial score (nSPS) is 15.2. The summed E-state index contributed by atoms with van der Waals surface area (Å²) in [6.45, 7) is 1.50. The van der Waals surface area contributed by atoms with Gasteiger partial charge in [0.25, 0.3) is 5.91 Å². The number of para-hydroxylation sites is 2. The number of hydrogen-bond donors (Lipinski definition) is 1. The molecule has 6 heteroatoms. The van der Waals surface area contributed by atoms with Crippen molar-refractivity contribution < 1.29 is 14.3 Å². The van der Waals surface area contributed by atoms with Gasteiger partial charge in [-0.15, -0.1) is 0 Å². The van der Waals surface area contributed by atoms with Gasteiger partial charge in [0.05, 0.1) is 18.8 Å². The molecule has 1 aliphatic rings. The van der Waals surface area contributed by atoms with Gasteiger partial charge < -0.3 is 20.1 Å². The third kappa shape index (κ3) is 5.42. The standard InChI is InChI=1S/C26H27ClN2O3/c27-21-7-3-5-20(17-21)18-29-23-8-1-2-9-24(23)32-25(26(29)30)14-16-31-22-12-10-19(11-13-22)6-4-15-28/h1-3,5,7-13,17,25H,4,6,14-16,18,28H2. The number of aryl methyl sites for hydroxylation is 1. The van der Waals surface area contributed by atoms with Crippen LogP contribution in [-0.4, -0.2) is 25.2 Å². The Labute approximate surface area is 193 Å². The van der Waals surface area contributed by atoms with Crippen LogP contribution in [0.4, 0.5) is 5.69 Å². The van der Waals surface area contributed by atoms with E-state index in [-0.39, 0.29) is 5.91 Å². The van der Waals surface area contributed by atoms with Crippen molar-refractivity contribution in [3.05, 3.63) is 88.9 Å². The first-order valence-electron chi connectivity index (χ1n) is 10.9. The predicted molar refractivity (Wildman–Crippen MR) is 127 cm³/mol. The average molecular weight is 451 g/mol. The maximum atomic E-state index is 13.3. The molecule has 4 rings (SSSR count). The molecule has 0 bridgehead atoms. The molecule has 3 aromatic rings. The van der Waals surface area contributed by atoms with Crippen LogP contribution in [0.25, 0.3) is 0 Å². The quantitative estimate of drug-likeness (QED) is 0.498. The van der Waals surface area contributed by atoms with Crippen molar-refractivity contribution in [3.63, 3.8) is 0 Å². The molecule has 1 atom stereocenters. The molecular formula is C26H27ClN2O3. The number of halogens is 1. The van der Waals surface area contributed by atoms with Crippen LogP contribution in [0, 0.1) is 0 Å². The predicted octanol–water partition coefficient (Wildman–Crippen LogP) is 4.99. The second-order valence-corrected chi connectivity index (χ2v) is 8.24. The summed E-state index contributed by atoms with van der Waals surface area (Å²) >= 11 is 6.14. The van der Waals surface area contributed by atoms with Gasteiger partial charge in [-0.2, -0.15) is 0 Å². The van der Waals surface area contributed by atoms with Crippen LogP contribution in [0.2, 0.25) is 5.02 Å². The molecule has 0 aromatic heterocycles. The number of nitrogens with two attached hydrogens (primary N) is 1. The molecule has 1 amide bonds. The number of hydrogen-bond acceptors (Lipinski definition) is 4. The number of anilines is 1. The molecule has 0 radical (unpaired) electrons. The van der Waals surface area contributed by atoms with Gasteiger partial charge in [-0.05, 0) is 66.9 Å². The Morgan fingerprint density at radius 2 is 1.81 bits per heavy atom. The van der Waals surface area contributed by atoms with E-state index in [0.29, 0.717) is 36.9 Å². The third-order valence-corrected chi connectivity index (χ3v) is 5.67. The van der Waals surface area contributed by atoms with Crippen LogP contribution in [0.5, 0.6) is 11.5 Å². The topological polar surface area (TPSA) is 64.8 Å². The number of carbonyl (C=O) groups is 1. The zero-order valence-corrected chi connectivity index (χ0v) is 18.6. The summed E-state index contributed by atoms with van der Waals surface area (Å²) in [7, 11) is 0. The molecule has 0 spiro atoms. The largest absolute Gasteiger partial charge is 0.493 e. The molecule has 1 heterocycles. The number of benzene rings is 3. The summed E-state index contributed by atoms with van der Waals surface area (Å²) in [5, 5.41) is 0.649. The van der Waals surface area contributed by atoms with Gasteiger partial charge in [-0.25, -0.2) is 0 Å². The lowest BCUT2D eigenvalue weighted by molar-refractivity contribution is -0.127. The van der Waals surface area contributed by atoms with Gasteiger partial charge in [-0.1, -0.05) is 48.0 Å². The number of ether oxygens (including phenoxy) is 2. The van der Waals surface area contributed by atoms with Crippen molar-refractivity contribution in [3.8, 4) is 11.5 Å². The maximum absolute atomic E-state index is 13.3. The first kappa shape index (κ1) is 22.2. The highest BCUT2D eigenvalue weighted by Crippen LogP contribution is 2.35. The van der Waals surface area contributed by atoms with E-state index in [1.807, 2.05) is 60.7 Å². The van der Waals surface area contributed by atoms with Crippen LogP contribution in [-0.2, 0) is 17.8 Å². The maximum Gasteiger partial charge on any atom is 0.268 e. The number of carbonyl (C=O) groups excluding carboxylic acids is 1. The summed E-state index contributed by atoms with van der Waals surface area (Å²) < 4.78 is 11.9. The summed E-state index contributed by atoms with van der Waals surface area (Å²) in [6.07, 6.45) is 1.78. The van der Waals surface area contributed by atoms with Crippen molar-refractivity contribution >= 4 is 23.2 Å². The Morgan fingerprint density at radius 3 is 2.59 bits per heavy atom. The first-order valence-corrected chi connectivity index (χ1v) is 11.2. The number of fused-ring (bicyclic) bond motifs is 1. The highest BCUT2D eigenvalue weighted by atomic mass is 35.5. The highest BCUT2D eigenvalue weighted by molar-refractivity contribution is 6.30. The zero-order chi connectivity index (χ0) is 22.3. The van der Waals surface area contributed by atoms with E-state index >= 15 is 0 Å². The average Bonchev–Trinajstić information content (AvgIpc) is 2.81. The van der Waals surface area contributed by atoms with Gasteiger partial charge in [0.2, 0.25) is 0 Å². The summed E-state index contributed by atoms with van der Waals surface area (Å²) in [4.78, 5) is 15.0. The number of nitrogens with zero attached hydrogens (tertiary/aromatic N) is 1. The Morgan fingerprint density at radius 1 is 1.00 bits per heavy atom. The molecule has 0 aliphatic carbocycles. The van der Waals surface area contributed by atoms with Crippen LogP contribution in [0.15, 0.2) is 72.8 Å². The molecule has 5 nitrogen and oxygen atoms in total. The lowest BCUT2D eigenvalue weighted by Gasteiger charge is -2.34. The molecular weight excluding hydrogens is 424 g/mol. The van der Waals surface area contributed by atoms with E-state index in [9.17, 15) is 4.79 Å². The van der Waals surface area contributed by atoms with Crippen molar-refractivity contribution in [2.45, 2.75) is 31.9 Å².